The maximum atomic E-state index is 5.76. The number of nitrogens with zero attached hydrogens (tertiary/aromatic N) is 1. The van der Waals surface area contributed by atoms with Crippen LogP contribution in [0.25, 0.3) is 10.9 Å². The van der Waals surface area contributed by atoms with Crippen molar-refractivity contribution in [1.82, 2.24) is 4.98 Å². The molecule has 0 fully saturated rings. The summed E-state index contributed by atoms with van der Waals surface area (Å²) in [4.78, 5) is 4.62. The Morgan fingerprint density at radius 1 is 1.22 bits per heavy atom. The first kappa shape index (κ1) is 12.7. The van der Waals surface area contributed by atoms with Crippen molar-refractivity contribution in [3.05, 3.63) is 30.3 Å². The van der Waals surface area contributed by atoms with Gasteiger partial charge in [0.15, 0.2) is 0 Å². The van der Waals surface area contributed by atoms with Crippen molar-refractivity contribution in [3.8, 4) is 0 Å². The van der Waals surface area contributed by atoms with E-state index in [-0.39, 0.29) is 0 Å². The van der Waals surface area contributed by atoms with E-state index in [1.54, 1.807) is 0 Å². The van der Waals surface area contributed by atoms with Gasteiger partial charge in [0.2, 0.25) is 0 Å². The average Bonchev–Trinajstić information content (AvgIpc) is 2.35. The molecule has 0 amide bonds. The highest BCUT2D eigenvalue weighted by atomic mass is 15.0. The molecule has 0 aliphatic rings. The zero-order chi connectivity index (χ0) is 13.1. The number of nitrogen functional groups attached to an aromatic ring is 1. The lowest BCUT2D eigenvalue weighted by Crippen LogP contribution is -2.25. The lowest BCUT2D eigenvalue weighted by molar-refractivity contribution is 0.510. The minimum absolute atomic E-state index is 0.462. The zero-order valence-corrected chi connectivity index (χ0v) is 11.3. The molecule has 0 saturated carbocycles. The number of benzene rings is 1. The van der Waals surface area contributed by atoms with E-state index >= 15 is 0 Å². The number of aromatic nitrogens is 1. The summed E-state index contributed by atoms with van der Waals surface area (Å²) in [5.41, 5.74) is 7.52. The number of rotatable bonds is 4. The Bertz CT molecular complexity index is 534. The maximum Gasteiger partial charge on any atom is 0.126 e. The molecule has 0 aliphatic carbocycles. The second-order valence-corrected chi connectivity index (χ2v) is 5.05. The van der Waals surface area contributed by atoms with Gasteiger partial charge in [-0.3, -0.25) is 0 Å². The van der Waals surface area contributed by atoms with E-state index in [0.717, 1.165) is 28.8 Å². The zero-order valence-electron chi connectivity index (χ0n) is 11.3. The first-order chi connectivity index (χ1) is 8.60. The Balaban J connectivity index is 2.27. The van der Waals surface area contributed by atoms with Crippen molar-refractivity contribution < 1.29 is 0 Å². The lowest BCUT2D eigenvalue weighted by Gasteiger charge is -2.21. The SMILES string of the molecule is CCC(Nc1ccc2cc(N)ccc2n1)C(C)C. The van der Waals surface area contributed by atoms with Crippen molar-refractivity contribution in [2.45, 2.75) is 33.2 Å². The topological polar surface area (TPSA) is 50.9 Å². The van der Waals surface area contributed by atoms with Gasteiger partial charge in [-0.1, -0.05) is 20.8 Å². The van der Waals surface area contributed by atoms with Crippen molar-refractivity contribution in [1.29, 1.82) is 0 Å². The number of nitrogens with two attached hydrogens (primary N) is 1. The van der Waals surface area contributed by atoms with Gasteiger partial charge in [0.05, 0.1) is 5.52 Å². The standard InChI is InChI=1S/C15H21N3/c1-4-13(10(2)3)17-15-8-5-11-9-12(16)6-7-14(11)18-15/h5-10,13H,4,16H2,1-3H3,(H,17,18). The first-order valence-electron chi connectivity index (χ1n) is 6.53. The van der Waals surface area contributed by atoms with Crippen LogP contribution in [0, 0.1) is 5.92 Å². The van der Waals surface area contributed by atoms with E-state index in [1.165, 1.54) is 0 Å². The number of hydrogen-bond donors (Lipinski definition) is 2. The fourth-order valence-corrected chi connectivity index (χ4v) is 2.15. The van der Waals surface area contributed by atoms with Crippen LogP contribution in [0.3, 0.4) is 0 Å². The summed E-state index contributed by atoms with van der Waals surface area (Å²) < 4.78 is 0. The molecule has 3 nitrogen and oxygen atoms in total. The smallest absolute Gasteiger partial charge is 0.126 e. The molecule has 3 N–H and O–H groups in total. The van der Waals surface area contributed by atoms with Gasteiger partial charge in [-0.15, -0.1) is 0 Å². The van der Waals surface area contributed by atoms with Gasteiger partial charge in [-0.25, -0.2) is 4.98 Å². The number of nitrogens with one attached hydrogen (secondary N) is 1. The Hall–Kier alpha value is -1.77. The largest absolute Gasteiger partial charge is 0.399 e. The van der Waals surface area contributed by atoms with Crippen LogP contribution < -0.4 is 11.1 Å². The summed E-state index contributed by atoms with van der Waals surface area (Å²) >= 11 is 0. The number of hydrogen-bond acceptors (Lipinski definition) is 3. The van der Waals surface area contributed by atoms with Gasteiger partial charge in [-0.05, 0) is 42.7 Å². The number of pyridine rings is 1. The van der Waals surface area contributed by atoms with E-state index in [4.69, 9.17) is 5.73 Å². The number of fused-ring (bicyclic) bond motifs is 1. The predicted molar refractivity (Wildman–Crippen MR) is 78.7 cm³/mol. The minimum atomic E-state index is 0.462. The summed E-state index contributed by atoms with van der Waals surface area (Å²) in [6.45, 7) is 6.64. The minimum Gasteiger partial charge on any atom is -0.399 e. The molecule has 1 heterocycles. The van der Waals surface area contributed by atoms with E-state index < -0.39 is 0 Å². The third-order valence-corrected chi connectivity index (χ3v) is 3.29. The molecule has 96 valence electrons. The number of anilines is 2. The normalized spacial score (nSPS) is 12.9. The molecule has 1 aromatic carbocycles. The summed E-state index contributed by atoms with van der Waals surface area (Å²) in [6.07, 6.45) is 1.10. The quantitative estimate of drug-likeness (QED) is 0.806. The van der Waals surface area contributed by atoms with Gasteiger partial charge < -0.3 is 11.1 Å². The predicted octanol–water partition coefficient (Wildman–Crippen LogP) is 3.66. The molecule has 1 aromatic heterocycles. The van der Waals surface area contributed by atoms with Gasteiger partial charge in [-0.2, -0.15) is 0 Å². The molecule has 0 spiro atoms. The van der Waals surface area contributed by atoms with Crippen LogP contribution in [0.15, 0.2) is 30.3 Å². The third kappa shape index (κ3) is 2.73. The lowest BCUT2D eigenvalue weighted by atomic mass is 10.0. The van der Waals surface area contributed by atoms with E-state index in [1.807, 2.05) is 24.3 Å². The van der Waals surface area contributed by atoms with Gasteiger partial charge in [0, 0.05) is 17.1 Å². The van der Waals surface area contributed by atoms with Crippen LogP contribution in [-0.4, -0.2) is 11.0 Å². The van der Waals surface area contributed by atoms with E-state index in [9.17, 15) is 0 Å². The van der Waals surface area contributed by atoms with Crippen LogP contribution >= 0.6 is 0 Å². The second kappa shape index (κ2) is 5.25. The Labute approximate surface area is 108 Å². The van der Waals surface area contributed by atoms with E-state index in [0.29, 0.717) is 12.0 Å². The van der Waals surface area contributed by atoms with Crippen LogP contribution in [0.5, 0.6) is 0 Å². The molecule has 0 radical (unpaired) electrons. The molecule has 18 heavy (non-hydrogen) atoms. The monoisotopic (exact) mass is 243 g/mol. The Kier molecular flexibility index (Phi) is 3.70. The highest BCUT2D eigenvalue weighted by Crippen LogP contribution is 2.19. The highest BCUT2D eigenvalue weighted by molar-refractivity contribution is 5.83. The molecular formula is C15H21N3. The molecular weight excluding hydrogens is 222 g/mol. The fraction of sp³-hybridized carbons (Fsp3) is 0.400. The third-order valence-electron chi connectivity index (χ3n) is 3.29. The highest BCUT2D eigenvalue weighted by Gasteiger charge is 2.11. The van der Waals surface area contributed by atoms with Gasteiger partial charge >= 0.3 is 0 Å². The molecule has 0 aliphatic heterocycles. The van der Waals surface area contributed by atoms with Gasteiger partial charge in [0.1, 0.15) is 5.82 Å². The molecule has 1 atom stereocenters. The van der Waals surface area contributed by atoms with Crippen molar-refractivity contribution in [3.63, 3.8) is 0 Å². The van der Waals surface area contributed by atoms with Crippen LogP contribution in [0.1, 0.15) is 27.2 Å². The van der Waals surface area contributed by atoms with Crippen molar-refractivity contribution in [2.24, 2.45) is 5.92 Å². The maximum absolute atomic E-state index is 5.76. The van der Waals surface area contributed by atoms with E-state index in [2.05, 4.69) is 37.1 Å². The summed E-state index contributed by atoms with van der Waals surface area (Å²) in [7, 11) is 0. The molecule has 2 aromatic rings. The molecule has 1 unspecified atom stereocenters. The van der Waals surface area contributed by atoms with Crippen LogP contribution in [0.2, 0.25) is 0 Å². The summed E-state index contributed by atoms with van der Waals surface area (Å²) in [5, 5.41) is 4.57. The molecule has 3 heteroatoms. The van der Waals surface area contributed by atoms with Gasteiger partial charge in [0.25, 0.3) is 0 Å². The second-order valence-electron chi connectivity index (χ2n) is 5.05. The summed E-state index contributed by atoms with van der Waals surface area (Å²) in [6, 6.07) is 10.3. The van der Waals surface area contributed by atoms with Crippen LogP contribution in [-0.2, 0) is 0 Å². The molecule has 2 rings (SSSR count). The Morgan fingerprint density at radius 2 is 2.00 bits per heavy atom. The van der Waals surface area contributed by atoms with Crippen molar-refractivity contribution >= 4 is 22.4 Å². The summed E-state index contributed by atoms with van der Waals surface area (Å²) in [5.74, 6) is 1.53. The molecule has 0 bridgehead atoms. The van der Waals surface area contributed by atoms with Crippen LogP contribution in [0.4, 0.5) is 11.5 Å². The molecule has 0 saturated heterocycles. The fourth-order valence-electron chi connectivity index (χ4n) is 2.15. The van der Waals surface area contributed by atoms with Crippen molar-refractivity contribution in [2.75, 3.05) is 11.1 Å². The Morgan fingerprint density at radius 3 is 2.67 bits per heavy atom. The first-order valence-corrected chi connectivity index (χ1v) is 6.53. The average molecular weight is 243 g/mol.